The fraction of sp³-hybridized carbons (Fsp3) is 0.810. The molecule has 27 heavy (non-hydrogen) atoms. The van der Waals surface area contributed by atoms with Gasteiger partial charge in [0.15, 0.2) is 5.76 Å². The third-order valence-corrected chi connectivity index (χ3v) is 6.11. The SMILES string of the molecule is CC(C)C[C@H]1C[C@@H](c2onc([C@@H](CCCO)CC(=O)OC(C)(C)C)c2I)C1. The van der Waals surface area contributed by atoms with Crippen LogP contribution in [0.4, 0.5) is 0 Å². The summed E-state index contributed by atoms with van der Waals surface area (Å²) in [6.45, 7) is 10.3. The van der Waals surface area contributed by atoms with Crippen molar-refractivity contribution >= 4 is 28.6 Å². The standard InChI is InChI=1S/C21H34INO4/c1-13(2)9-14-10-16(11-14)20-18(22)19(23-27-20)15(7-6-8-24)12-17(25)26-21(3,4)5/h13-16,24H,6-12H2,1-5H3/t14-,15-,16+/m0/s1. The van der Waals surface area contributed by atoms with E-state index in [2.05, 4.69) is 41.6 Å². The molecule has 0 aliphatic heterocycles. The predicted octanol–water partition coefficient (Wildman–Crippen LogP) is 5.41. The summed E-state index contributed by atoms with van der Waals surface area (Å²) in [7, 11) is 0. The Hall–Kier alpha value is -0.630. The van der Waals surface area contributed by atoms with Gasteiger partial charge in [0.05, 0.1) is 9.99 Å². The number of carbonyl (C=O) groups excluding carboxylic acids is 1. The zero-order valence-electron chi connectivity index (χ0n) is 17.3. The Labute approximate surface area is 176 Å². The van der Waals surface area contributed by atoms with E-state index in [0.717, 1.165) is 39.7 Å². The van der Waals surface area contributed by atoms with Crippen molar-refractivity contribution in [2.24, 2.45) is 11.8 Å². The van der Waals surface area contributed by atoms with Gasteiger partial charge in [0.25, 0.3) is 0 Å². The van der Waals surface area contributed by atoms with Crippen molar-refractivity contribution < 1.29 is 19.2 Å². The first-order valence-electron chi connectivity index (χ1n) is 10.1. The highest BCUT2D eigenvalue weighted by molar-refractivity contribution is 14.1. The zero-order chi connectivity index (χ0) is 20.2. The van der Waals surface area contributed by atoms with Crippen molar-refractivity contribution in [2.45, 2.75) is 90.6 Å². The number of aliphatic hydroxyl groups excluding tert-OH is 1. The summed E-state index contributed by atoms with van der Waals surface area (Å²) in [6.07, 6.45) is 5.18. The Kier molecular flexibility index (Phi) is 8.16. The van der Waals surface area contributed by atoms with Crippen molar-refractivity contribution in [2.75, 3.05) is 6.61 Å². The van der Waals surface area contributed by atoms with E-state index in [1.807, 2.05) is 20.8 Å². The molecule has 0 saturated heterocycles. The summed E-state index contributed by atoms with van der Waals surface area (Å²) in [5.41, 5.74) is 0.343. The average Bonchev–Trinajstić information content (AvgIpc) is 2.86. The third kappa shape index (κ3) is 6.73. The molecule has 0 aromatic carbocycles. The number of aromatic nitrogens is 1. The molecule has 6 heteroatoms. The van der Waals surface area contributed by atoms with Crippen LogP contribution in [0.5, 0.6) is 0 Å². The van der Waals surface area contributed by atoms with E-state index < -0.39 is 5.60 Å². The Morgan fingerprint density at radius 1 is 1.37 bits per heavy atom. The molecule has 0 radical (unpaired) electrons. The topological polar surface area (TPSA) is 72.6 Å². The molecule has 0 bridgehead atoms. The van der Waals surface area contributed by atoms with Gasteiger partial charge in [-0.15, -0.1) is 0 Å². The summed E-state index contributed by atoms with van der Waals surface area (Å²) in [5, 5.41) is 13.6. The van der Waals surface area contributed by atoms with Crippen molar-refractivity contribution in [3.05, 3.63) is 15.0 Å². The minimum Gasteiger partial charge on any atom is -0.460 e. The van der Waals surface area contributed by atoms with E-state index in [4.69, 9.17) is 9.26 Å². The number of halogens is 1. The molecule has 1 atom stereocenters. The maximum absolute atomic E-state index is 12.3. The fourth-order valence-electron chi connectivity index (χ4n) is 3.88. The van der Waals surface area contributed by atoms with E-state index in [0.29, 0.717) is 18.8 Å². The number of hydrogen-bond acceptors (Lipinski definition) is 5. The quantitative estimate of drug-likeness (QED) is 0.370. The molecular weight excluding hydrogens is 457 g/mol. The molecule has 1 aromatic rings. The van der Waals surface area contributed by atoms with E-state index in [1.54, 1.807) is 0 Å². The molecule has 1 aliphatic carbocycles. The zero-order valence-corrected chi connectivity index (χ0v) is 19.4. The number of rotatable bonds is 9. The summed E-state index contributed by atoms with van der Waals surface area (Å²) in [5.74, 6) is 2.63. The van der Waals surface area contributed by atoms with E-state index >= 15 is 0 Å². The van der Waals surface area contributed by atoms with Gasteiger partial charge in [0.2, 0.25) is 0 Å². The van der Waals surface area contributed by atoms with E-state index in [9.17, 15) is 9.90 Å². The van der Waals surface area contributed by atoms with Crippen LogP contribution in [0.25, 0.3) is 0 Å². The number of nitrogens with zero attached hydrogens (tertiary/aromatic N) is 1. The Morgan fingerprint density at radius 2 is 2.04 bits per heavy atom. The molecule has 2 rings (SSSR count). The van der Waals surface area contributed by atoms with Crippen LogP contribution in [0.3, 0.4) is 0 Å². The first-order valence-corrected chi connectivity index (χ1v) is 11.2. The van der Waals surface area contributed by atoms with Crippen molar-refractivity contribution in [1.29, 1.82) is 0 Å². The van der Waals surface area contributed by atoms with Crippen LogP contribution in [0.15, 0.2) is 4.52 Å². The number of carbonyl (C=O) groups is 1. The first kappa shape index (κ1) is 22.7. The Balaban J connectivity index is 2.06. The first-order chi connectivity index (χ1) is 12.6. The molecule has 0 spiro atoms. The van der Waals surface area contributed by atoms with Crippen LogP contribution in [-0.2, 0) is 9.53 Å². The smallest absolute Gasteiger partial charge is 0.306 e. The highest BCUT2D eigenvalue weighted by Gasteiger charge is 2.36. The maximum Gasteiger partial charge on any atom is 0.306 e. The van der Waals surface area contributed by atoms with Gasteiger partial charge in [-0.1, -0.05) is 19.0 Å². The molecule has 1 saturated carbocycles. The van der Waals surface area contributed by atoms with Crippen LogP contribution < -0.4 is 0 Å². The second-order valence-corrected chi connectivity index (χ2v) is 10.3. The van der Waals surface area contributed by atoms with Gasteiger partial charge in [-0.05, 0) is 87.3 Å². The largest absolute Gasteiger partial charge is 0.460 e. The molecule has 1 heterocycles. The molecule has 1 aromatic heterocycles. The summed E-state index contributed by atoms with van der Waals surface area (Å²) in [4.78, 5) is 12.3. The van der Waals surface area contributed by atoms with Gasteiger partial charge in [-0.2, -0.15) is 0 Å². The number of aliphatic hydroxyl groups is 1. The lowest BCUT2D eigenvalue weighted by Gasteiger charge is -2.35. The molecular formula is C21H34INO4. The minimum atomic E-state index is -0.502. The maximum atomic E-state index is 12.3. The van der Waals surface area contributed by atoms with Crippen molar-refractivity contribution in [3.8, 4) is 0 Å². The monoisotopic (exact) mass is 491 g/mol. The van der Waals surface area contributed by atoms with Gasteiger partial charge in [-0.25, -0.2) is 0 Å². The summed E-state index contributed by atoms with van der Waals surface area (Å²) < 4.78 is 12.3. The summed E-state index contributed by atoms with van der Waals surface area (Å²) in [6, 6.07) is 0. The molecule has 0 amide bonds. The Bertz CT molecular complexity index is 614. The van der Waals surface area contributed by atoms with Crippen molar-refractivity contribution in [1.82, 2.24) is 5.16 Å². The van der Waals surface area contributed by atoms with E-state index in [1.165, 1.54) is 6.42 Å². The summed E-state index contributed by atoms with van der Waals surface area (Å²) >= 11 is 2.31. The number of hydrogen-bond donors (Lipinski definition) is 1. The average molecular weight is 491 g/mol. The van der Waals surface area contributed by atoms with Gasteiger partial charge in [0.1, 0.15) is 11.3 Å². The highest BCUT2D eigenvalue weighted by Crippen LogP contribution is 2.47. The van der Waals surface area contributed by atoms with Gasteiger partial charge >= 0.3 is 5.97 Å². The normalized spacial score (nSPS) is 21.2. The second-order valence-electron chi connectivity index (χ2n) is 9.26. The van der Waals surface area contributed by atoms with Crippen LogP contribution in [-0.4, -0.2) is 28.4 Å². The predicted molar refractivity (Wildman–Crippen MR) is 114 cm³/mol. The molecule has 1 N–H and O–H groups in total. The van der Waals surface area contributed by atoms with Crippen molar-refractivity contribution in [3.63, 3.8) is 0 Å². The number of ether oxygens (including phenoxy) is 1. The van der Waals surface area contributed by atoms with E-state index in [-0.39, 0.29) is 24.9 Å². The minimum absolute atomic E-state index is 0.0806. The molecule has 1 aliphatic rings. The lowest BCUT2D eigenvalue weighted by atomic mass is 9.70. The molecule has 154 valence electrons. The van der Waals surface area contributed by atoms with Gasteiger partial charge in [0, 0.05) is 18.4 Å². The van der Waals surface area contributed by atoms with Gasteiger partial charge < -0.3 is 14.4 Å². The Morgan fingerprint density at radius 3 is 2.59 bits per heavy atom. The lowest BCUT2D eigenvalue weighted by Crippen LogP contribution is -2.25. The van der Waals surface area contributed by atoms with Crippen LogP contribution >= 0.6 is 22.6 Å². The van der Waals surface area contributed by atoms with Crippen LogP contribution in [0.2, 0.25) is 0 Å². The highest BCUT2D eigenvalue weighted by atomic mass is 127. The lowest BCUT2D eigenvalue weighted by molar-refractivity contribution is -0.155. The molecule has 5 nitrogen and oxygen atoms in total. The molecule has 1 fully saturated rings. The number of esters is 1. The molecule has 0 unspecified atom stereocenters. The third-order valence-electron chi connectivity index (χ3n) is 5.03. The van der Waals surface area contributed by atoms with Gasteiger partial charge in [-0.3, -0.25) is 4.79 Å². The second kappa shape index (κ2) is 9.72. The fourth-order valence-corrected chi connectivity index (χ4v) is 4.96. The van der Waals surface area contributed by atoms with Crippen LogP contribution in [0, 0.1) is 15.4 Å². The van der Waals surface area contributed by atoms with Crippen LogP contribution in [0.1, 0.15) is 96.4 Å².